The van der Waals surface area contributed by atoms with Crippen LogP contribution in [0.15, 0.2) is 24.3 Å². The van der Waals surface area contributed by atoms with Crippen LogP contribution in [0.2, 0.25) is 0 Å². The van der Waals surface area contributed by atoms with Crippen molar-refractivity contribution in [3.63, 3.8) is 0 Å². The molecule has 0 radical (unpaired) electrons. The van der Waals surface area contributed by atoms with Gasteiger partial charge < -0.3 is 5.32 Å². The minimum Gasteiger partial charge on any atom is -0.349 e. The van der Waals surface area contributed by atoms with Crippen LogP contribution in [0, 0.1) is 17.8 Å². The van der Waals surface area contributed by atoms with E-state index in [1.807, 2.05) is 12.2 Å². The van der Waals surface area contributed by atoms with Gasteiger partial charge in [-0.25, -0.2) is 0 Å². The van der Waals surface area contributed by atoms with E-state index in [1.54, 1.807) is 0 Å². The van der Waals surface area contributed by atoms with Gasteiger partial charge in [-0.15, -0.1) is 0 Å². The molecule has 2 heterocycles. The third kappa shape index (κ3) is 0.779. The van der Waals surface area contributed by atoms with E-state index >= 15 is 0 Å². The SMILES string of the molecule is O=C1N[C@@H]2C=C[C@@H]1C=C[C@@H]1C[C@@H]12. The van der Waals surface area contributed by atoms with Gasteiger partial charge in [0, 0.05) is 0 Å². The summed E-state index contributed by atoms with van der Waals surface area (Å²) in [4.78, 5) is 11.4. The van der Waals surface area contributed by atoms with Gasteiger partial charge in [-0.3, -0.25) is 4.79 Å². The maximum absolute atomic E-state index is 11.4. The number of carbonyl (C=O) groups is 1. The van der Waals surface area contributed by atoms with Gasteiger partial charge in [0.2, 0.25) is 5.91 Å². The Hall–Kier alpha value is -1.05. The van der Waals surface area contributed by atoms with Crippen LogP contribution in [0.3, 0.4) is 0 Å². The second-order valence-electron chi connectivity index (χ2n) is 3.89. The lowest BCUT2D eigenvalue weighted by Crippen LogP contribution is -2.42. The third-order valence-electron chi connectivity index (χ3n) is 3.06. The molecule has 0 aromatic carbocycles. The highest BCUT2D eigenvalue weighted by atomic mass is 16.2. The fraction of sp³-hybridized carbons (Fsp3) is 0.500. The summed E-state index contributed by atoms with van der Waals surface area (Å²) in [6.07, 6.45) is 9.67. The molecule has 0 aromatic heterocycles. The summed E-state index contributed by atoms with van der Waals surface area (Å²) < 4.78 is 0. The monoisotopic (exact) mass is 161 g/mol. The molecular weight excluding hydrogens is 150 g/mol. The minimum absolute atomic E-state index is 0.00259. The van der Waals surface area contributed by atoms with E-state index in [-0.39, 0.29) is 11.8 Å². The van der Waals surface area contributed by atoms with Gasteiger partial charge in [-0.05, 0) is 18.3 Å². The molecule has 2 bridgehead atoms. The zero-order valence-electron chi connectivity index (χ0n) is 6.73. The number of rotatable bonds is 0. The molecule has 12 heavy (non-hydrogen) atoms. The smallest absolute Gasteiger partial charge is 0.231 e. The molecule has 4 rings (SSSR count). The Balaban J connectivity index is 2.02. The van der Waals surface area contributed by atoms with Gasteiger partial charge in [-0.2, -0.15) is 0 Å². The summed E-state index contributed by atoms with van der Waals surface area (Å²) in [5, 5.41) is 3.03. The van der Waals surface area contributed by atoms with Gasteiger partial charge in [0.25, 0.3) is 0 Å². The number of allylic oxidation sites excluding steroid dienone is 1. The second-order valence-corrected chi connectivity index (χ2v) is 3.89. The molecule has 4 aliphatic rings. The first kappa shape index (κ1) is 6.46. The Labute approximate surface area is 71.3 Å². The van der Waals surface area contributed by atoms with E-state index < -0.39 is 0 Å². The molecule has 0 unspecified atom stereocenters. The van der Waals surface area contributed by atoms with Crippen LogP contribution in [0.5, 0.6) is 0 Å². The summed E-state index contributed by atoms with van der Waals surface area (Å²) in [7, 11) is 0. The third-order valence-corrected chi connectivity index (χ3v) is 3.06. The predicted octanol–water partition coefficient (Wildman–Crippen LogP) is 0.863. The molecule has 2 aliphatic heterocycles. The largest absolute Gasteiger partial charge is 0.349 e. The highest BCUT2D eigenvalue weighted by Crippen LogP contribution is 2.45. The van der Waals surface area contributed by atoms with Gasteiger partial charge in [0.05, 0.1) is 12.0 Å². The molecule has 0 aromatic rings. The first-order valence-corrected chi connectivity index (χ1v) is 4.51. The van der Waals surface area contributed by atoms with E-state index in [0.717, 1.165) is 5.92 Å². The quantitative estimate of drug-likeness (QED) is 0.525. The van der Waals surface area contributed by atoms with Gasteiger partial charge >= 0.3 is 0 Å². The molecule has 2 nitrogen and oxygen atoms in total. The van der Waals surface area contributed by atoms with Crippen molar-refractivity contribution in [1.29, 1.82) is 0 Å². The van der Waals surface area contributed by atoms with Crippen LogP contribution in [0.25, 0.3) is 0 Å². The molecule has 2 heteroatoms. The van der Waals surface area contributed by atoms with Crippen molar-refractivity contribution in [2.45, 2.75) is 12.5 Å². The average molecular weight is 161 g/mol. The molecule has 4 atom stereocenters. The summed E-state index contributed by atoms with van der Waals surface area (Å²) in [5.74, 6) is 1.60. The fourth-order valence-electron chi connectivity index (χ4n) is 2.17. The number of fused-ring (bicyclic) bond motifs is 1. The molecular formula is C10H11NO. The fourth-order valence-corrected chi connectivity index (χ4v) is 2.17. The zero-order chi connectivity index (χ0) is 8.13. The van der Waals surface area contributed by atoms with E-state index in [9.17, 15) is 4.79 Å². The first-order valence-electron chi connectivity index (χ1n) is 4.51. The lowest BCUT2D eigenvalue weighted by atomic mass is 9.95. The van der Waals surface area contributed by atoms with Crippen molar-refractivity contribution in [2.75, 3.05) is 0 Å². The van der Waals surface area contributed by atoms with Crippen molar-refractivity contribution in [3.8, 4) is 0 Å². The van der Waals surface area contributed by atoms with E-state index in [2.05, 4.69) is 17.5 Å². The van der Waals surface area contributed by atoms with Crippen molar-refractivity contribution in [3.05, 3.63) is 24.3 Å². The molecule has 0 spiro atoms. The highest BCUT2D eigenvalue weighted by molar-refractivity contribution is 5.84. The van der Waals surface area contributed by atoms with E-state index in [1.165, 1.54) is 6.42 Å². The van der Waals surface area contributed by atoms with Crippen LogP contribution >= 0.6 is 0 Å². The molecule has 2 aliphatic carbocycles. The molecule has 1 saturated carbocycles. The van der Waals surface area contributed by atoms with Gasteiger partial charge in [-0.1, -0.05) is 24.3 Å². The molecule has 0 saturated heterocycles. The maximum Gasteiger partial charge on any atom is 0.231 e. The average Bonchev–Trinajstić information content (AvgIpc) is 2.76. The Morgan fingerprint density at radius 2 is 2.08 bits per heavy atom. The molecule has 1 amide bonds. The lowest BCUT2D eigenvalue weighted by Gasteiger charge is -2.24. The Morgan fingerprint density at radius 1 is 1.25 bits per heavy atom. The van der Waals surface area contributed by atoms with Crippen LogP contribution in [-0.2, 0) is 4.79 Å². The summed E-state index contributed by atoms with van der Waals surface area (Å²) in [5.41, 5.74) is 0. The topological polar surface area (TPSA) is 29.1 Å². The summed E-state index contributed by atoms with van der Waals surface area (Å²) in [6, 6.07) is 0.323. The molecule has 1 fully saturated rings. The Kier molecular flexibility index (Phi) is 1.08. The zero-order valence-corrected chi connectivity index (χ0v) is 6.73. The first-order chi connectivity index (χ1) is 5.84. The molecule has 62 valence electrons. The number of carbonyl (C=O) groups excluding carboxylic acids is 1. The molecule has 1 N–H and O–H groups in total. The van der Waals surface area contributed by atoms with Crippen LogP contribution in [-0.4, -0.2) is 11.9 Å². The van der Waals surface area contributed by atoms with Crippen LogP contribution < -0.4 is 5.32 Å². The number of amides is 1. The Bertz CT molecular complexity index is 292. The second kappa shape index (κ2) is 2.00. The standard InChI is InChI=1S/C10H11NO/c12-10-6-1-2-7-5-8(7)9(11-10)4-3-6/h1-4,6-9H,5H2,(H,11,12)/t6-,7+,8-,9+/m0/s1. The van der Waals surface area contributed by atoms with Crippen molar-refractivity contribution < 1.29 is 4.79 Å². The normalized spacial score (nSPS) is 47.8. The summed E-state index contributed by atoms with van der Waals surface area (Å²) >= 11 is 0. The van der Waals surface area contributed by atoms with Crippen molar-refractivity contribution in [2.24, 2.45) is 17.8 Å². The lowest BCUT2D eigenvalue weighted by molar-refractivity contribution is -0.123. The minimum atomic E-state index is 0.00259. The van der Waals surface area contributed by atoms with Crippen molar-refractivity contribution in [1.82, 2.24) is 5.32 Å². The van der Waals surface area contributed by atoms with E-state index in [0.29, 0.717) is 12.0 Å². The van der Waals surface area contributed by atoms with Gasteiger partial charge in [0.1, 0.15) is 0 Å². The van der Waals surface area contributed by atoms with Crippen LogP contribution in [0.1, 0.15) is 6.42 Å². The maximum atomic E-state index is 11.4. The van der Waals surface area contributed by atoms with E-state index in [4.69, 9.17) is 0 Å². The van der Waals surface area contributed by atoms with Crippen LogP contribution in [0.4, 0.5) is 0 Å². The van der Waals surface area contributed by atoms with Crippen molar-refractivity contribution >= 4 is 5.91 Å². The van der Waals surface area contributed by atoms with Gasteiger partial charge in [0.15, 0.2) is 0 Å². The predicted molar refractivity (Wildman–Crippen MR) is 45.3 cm³/mol. The number of hydrogen-bond acceptors (Lipinski definition) is 1. The number of hydrogen-bond donors (Lipinski definition) is 1. The number of nitrogens with one attached hydrogen (secondary N) is 1. The summed E-state index contributed by atoms with van der Waals surface area (Å²) in [6.45, 7) is 0. The Morgan fingerprint density at radius 3 is 2.92 bits per heavy atom. The highest BCUT2D eigenvalue weighted by Gasteiger charge is 2.43.